The largest absolute Gasteiger partial charge is 0.308 e. The third kappa shape index (κ3) is 5.00. The molecule has 0 saturated carbocycles. The molecule has 144 valence electrons. The van der Waals surface area contributed by atoms with E-state index in [2.05, 4.69) is 20.8 Å². The van der Waals surface area contributed by atoms with Gasteiger partial charge in [-0.15, -0.1) is 12.4 Å². The fourth-order valence-corrected chi connectivity index (χ4v) is 4.52. The van der Waals surface area contributed by atoms with E-state index in [-0.39, 0.29) is 18.3 Å². The van der Waals surface area contributed by atoms with E-state index in [9.17, 15) is 4.79 Å². The van der Waals surface area contributed by atoms with Gasteiger partial charge in [0.2, 0.25) is 0 Å². The number of aryl methyl sites for hydroxylation is 1. The zero-order chi connectivity index (χ0) is 18.8. The molecule has 1 aromatic heterocycles. The molecule has 0 N–H and O–H groups in total. The van der Waals surface area contributed by atoms with Gasteiger partial charge in [-0.2, -0.15) is 0 Å². The van der Waals surface area contributed by atoms with Crippen molar-refractivity contribution in [2.24, 2.45) is 0 Å². The predicted molar refractivity (Wildman–Crippen MR) is 121 cm³/mol. The van der Waals surface area contributed by atoms with E-state index < -0.39 is 0 Å². The molecule has 0 saturated heterocycles. The van der Waals surface area contributed by atoms with Crippen LogP contribution in [0, 0.1) is 6.92 Å². The Kier molecular flexibility index (Phi) is 7.65. The van der Waals surface area contributed by atoms with Crippen LogP contribution in [0.4, 0.5) is 5.13 Å². The van der Waals surface area contributed by atoms with Crippen LogP contribution in [0.2, 0.25) is 5.02 Å². The molecule has 1 heterocycles. The van der Waals surface area contributed by atoms with Crippen molar-refractivity contribution in [1.29, 1.82) is 0 Å². The molecule has 0 aliphatic heterocycles. The Balaban J connectivity index is 0.00000261. The summed E-state index contributed by atoms with van der Waals surface area (Å²) >= 11 is 11.2. The van der Waals surface area contributed by atoms with Crippen molar-refractivity contribution < 1.29 is 4.79 Å². The topological polar surface area (TPSA) is 36.4 Å². The summed E-state index contributed by atoms with van der Waals surface area (Å²) in [6.45, 7) is 3.28. The maximum atomic E-state index is 13.2. The summed E-state index contributed by atoms with van der Waals surface area (Å²) in [5.74, 6) is -0.0675. The number of anilines is 1. The Morgan fingerprint density at radius 1 is 1.22 bits per heavy atom. The van der Waals surface area contributed by atoms with E-state index in [0.29, 0.717) is 22.3 Å². The van der Waals surface area contributed by atoms with Gasteiger partial charge in [0, 0.05) is 22.6 Å². The van der Waals surface area contributed by atoms with Crippen molar-refractivity contribution >= 4 is 72.5 Å². The van der Waals surface area contributed by atoms with Crippen LogP contribution in [-0.4, -0.2) is 43.0 Å². The van der Waals surface area contributed by atoms with Gasteiger partial charge in [0.25, 0.3) is 5.91 Å². The first-order valence-corrected chi connectivity index (χ1v) is 10.1. The first-order valence-electron chi connectivity index (χ1n) is 8.14. The Labute approximate surface area is 182 Å². The first-order chi connectivity index (χ1) is 12.4. The minimum atomic E-state index is -0.0675. The maximum Gasteiger partial charge on any atom is 0.261 e. The van der Waals surface area contributed by atoms with Crippen molar-refractivity contribution in [2.75, 3.05) is 32.1 Å². The molecule has 2 aromatic carbocycles. The molecule has 3 aromatic rings. The molecule has 0 aliphatic rings. The molecule has 0 unspecified atom stereocenters. The van der Waals surface area contributed by atoms with E-state index >= 15 is 0 Å². The number of benzene rings is 2. The van der Waals surface area contributed by atoms with Crippen molar-refractivity contribution in [3.8, 4) is 0 Å². The normalized spacial score (nSPS) is 10.9. The lowest BCUT2D eigenvalue weighted by atomic mass is 10.2. The average Bonchev–Trinajstić information content (AvgIpc) is 2.99. The molecular weight excluding hydrogens is 469 g/mol. The summed E-state index contributed by atoms with van der Waals surface area (Å²) < 4.78 is 1.76. The second kappa shape index (κ2) is 9.34. The van der Waals surface area contributed by atoms with Crippen LogP contribution in [0.25, 0.3) is 10.2 Å². The van der Waals surface area contributed by atoms with Crippen LogP contribution >= 0.6 is 51.3 Å². The van der Waals surface area contributed by atoms with Gasteiger partial charge in [0.15, 0.2) is 5.13 Å². The number of hydrogen-bond acceptors (Lipinski definition) is 4. The highest BCUT2D eigenvalue weighted by Gasteiger charge is 2.23. The Morgan fingerprint density at radius 3 is 2.59 bits per heavy atom. The first kappa shape index (κ1) is 22.1. The van der Waals surface area contributed by atoms with Crippen LogP contribution in [0.1, 0.15) is 15.9 Å². The van der Waals surface area contributed by atoms with E-state index in [1.807, 2.05) is 57.4 Å². The van der Waals surface area contributed by atoms with Crippen LogP contribution in [0.5, 0.6) is 0 Å². The molecule has 0 atom stereocenters. The Morgan fingerprint density at radius 2 is 1.93 bits per heavy atom. The number of likely N-dealkylation sites (N-methyl/N-ethyl adjacent to an activating group) is 1. The molecule has 8 heteroatoms. The number of aromatic nitrogens is 1. The lowest BCUT2D eigenvalue weighted by molar-refractivity contribution is 0.0984. The number of hydrogen-bond donors (Lipinski definition) is 0. The number of carbonyl (C=O) groups excluding carboxylic acids is 1. The van der Waals surface area contributed by atoms with Crippen LogP contribution in [-0.2, 0) is 0 Å². The molecule has 4 nitrogen and oxygen atoms in total. The molecule has 1 amide bonds. The minimum absolute atomic E-state index is 0. The quantitative estimate of drug-likeness (QED) is 0.465. The summed E-state index contributed by atoms with van der Waals surface area (Å²) in [7, 11) is 3.98. The van der Waals surface area contributed by atoms with E-state index in [1.54, 1.807) is 4.90 Å². The molecule has 0 bridgehead atoms. The van der Waals surface area contributed by atoms with E-state index in [4.69, 9.17) is 16.6 Å². The third-order valence-corrected chi connectivity index (χ3v) is 5.93. The fraction of sp³-hybridized carbons (Fsp3) is 0.263. The molecular formula is C19H20BrCl2N3OS. The number of rotatable bonds is 5. The molecule has 27 heavy (non-hydrogen) atoms. The average molecular weight is 489 g/mol. The third-order valence-electron chi connectivity index (χ3n) is 3.99. The zero-order valence-corrected chi connectivity index (χ0v) is 19.2. The smallest absolute Gasteiger partial charge is 0.261 e. The van der Waals surface area contributed by atoms with Crippen molar-refractivity contribution in [2.45, 2.75) is 6.92 Å². The zero-order valence-electron chi connectivity index (χ0n) is 15.2. The van der Waals surface area contributed by atoms with Crippen LogP contribution in [0.3, 0.4) is 0 Å². The van der Waals surface area contributed by atoms with Gasteiger partial charge in [-0.3, -0.25) is 9.69 Å². The lowest BCUT2D eigenvalue weighted by Crippen LogP contribution is -2.36. The molecule has 0 radical (unpaired) electrons. The molecule has 3 rings (SSSR count). The van der Waals surface area contributed by atoms with Gasteiger partial charge in [-0.1, -0.05) is 35.1 Å². The number of thiazole rings is 1. The van der Waals surface area contributed by atoms with Gasteiger partial charge in [-0.05, 0) is 66.8 Å². The number of carbonyl (C=O) groups is 1. The summed E-state index contributed by atoms with van der Waals surface area (Å²) in [6.07, 6.45) is 0. The summed E-state index contributed by atoms with van der Waals surface area (Å²) in [6, 6.07) is 11.3. The SMILES string of the molecule is Cc1cc(Cl)cc2sc(N(CCN(C)C)C(=O)c3ccccc3Br)nc12.Cl. The van der Waals surface area contributed by atoms with Gasteiger partial charge >= 0.3 is 0 Å². The summed E-state index contributed by atoms with van der Waals surface area (Å²) in [5, 5.41) is 1.37. The van der Waals surface area contributed by atoms with Crippen molar-refractivity contribution in [1.82, 2.24) is 9.88 Å². The van der Waals surface area contributed by atoms with Crippen molar-refractivity contribution in [3.63, 3.8) is 0 Å². The monoisotopic (exact) mass is 487 g/mol. The molecule has 0 aliphatic carbocycles. The van der Waals surface area contributed by atoms with Gasteiger partial charge in [0.1, 0.15) is 0 Å². The summed E-state index contributed by atoms with van der Waals surface area (Å²) in [5.41, 5.74) is 2.53. The molecule has 0 spiro atoms. The maximum absolute atomic E-state index is 13.2. The van der Waals surface area contributed by atoms with E-state index in [0.717, 1.165) is 26.8 Å². The lowest BCUT2D eigenvalue weighted by Gasteiger charge is -2.22. The predicted octanol–water partition coefficient (Wildman–Crippen LogP) is 5.65. The Bertz CT molecular complexity index is 961. The number of halogens is 3. The van der Waals surface area contributed by atoms with Gasteiger partial charge < -0.3 is 4.90 Å². The minimum Gasteiger partial charge on any atom is -0.308 e. The number of amides is 1. The van der Waals surface area contributed by atoms with Crippen LogP contribution < -0.4 is 4.90 Å². The standard InChI is InChI=1S/C19H19BrClN3OS.ClH/c1-12-10-13(21)11-16-17(12)22-19(26-16)24(9-8-23(2)3)18(25)14-6-4-5-7-15(14)20;/h4-7,10-11H,8-9H2,1-3H3;1H. The number of nitrogens with zero attached hydrogens (tertiary/aromatic N) is 3. The second-order valence-corrected chi connectivity index (χ2v) is 8.61. The van der Waals surface area contributed by atoms with Crippen molar-refractivity contribution in [3.05, 3.63) is 57.0 Å². The summed E-state index contributed by atoms with van der Waals surface area (Å²) in [4.78, 5) is 21.8. The highest BCUT2D eigenvalue weighted by molar-refractivity contribution is 9.10. The van der Waals surface area contributed by atoms with Crippen LogP contribution in [0.15, 0.2) is 40.9 Å². The van der Waals surface area contributed by atoms with Gasteiger partial charge in [0.05, 0.1) is 15.8 Å². The molecule has 0 fully saturated rings. The fourth-order valence-electron chi connectivity index (χ4n) is 2.62. The number of fused-ring (bicyclic) bond motifs is 1. The Hall–Kier alpha value is -1.18. The second-order valence-electron chi connectivity index (χ2n) is 6.31. The van der Waals surface area contributed by atoms with Gasteiger partial charge in [-0.25, -0.2) is 4.98 Å². The highest BCUT2D eigenvalue weighted by Crippen LogP contribution is 2.34. The van der Waals surface area contributed by atoms with E-state index in [1.165, 1.54) is 11.3 Å². The highest BCUT2D eigenvalue weighted by atomic mass is 79.9.